The predicted molar refractivity (Wildman–Crippen MR) is 412 cm³/mol. The number of ether oxygens (including phenoxy) is 1. The molecule has 0 unspecified atom stereocenters. The van der Waals surface area contributed by atoms with E-state index in [2.05, 4.69) is 58.1 Å². The number of nitrogens with two attached hydrogens (primary N) is 3. The van der Waals surface area contributed by atoms with Crippen molar-refractivity contribution >= 4 is 99.0 Å². The molecule has 2 heterocycles. The van der Waals surface area contributed by atoms with Gasteiger partial charge in [-0.05, 0) is 120 Å². The van der Waals surface area contributed by atoms with Gasteiger partial charge < -0.3 is 85.1 Å². The molecule has 29 nitrogen and oxygen atoms in total. The second-order valence-electron chi connectivity index (χ2n) is 28.0. The Morgan fingerprint density at radius 2 is 1.01 bits per heavy atom. The Kier molecular flexibility index (Phi) is 31.9. The van der Waals surface area contributed by atoms with Crippen molar-refractivity contribution in [2.45, 2.75) is 159 Å². The summed E-state index contributed by atoms with van der Waals surface area (Å²) in [4.78, 5) is 160. The maximum atomic E-state index is 15.4. The van der Waals surface area contributed by atoms with Crippen LogP contribution in [-0.2, 0) is 96.1 Å². The standard InChI is InChI=1S/C79H101ClN16O13/c1-47(2)38-62(71(101)88-61(16-10-32-85-79(83)84)78(108)96-33-11-17-68(96)77(107)86-48(3)69(82)99)90-73(103)65(42-51-18-20-54(21-19-51)45-95-34-36-109-37-35-95)92-74(104)66(44-53-25-30-59(31-26-53)87-49(4)98)93-76(106)67(46-97)94-75(105)64(41-50-12-6-5-7-13-50)91-72(102)63(43-52-23-28-58(80)29-24-52)89-70(100)60(81)40-55-22-27-56-14-8-9-15-57(56)39-55/h5-9,12-15,18-31,39,47-48,60-68,97H,10-11,16-17,32-38,40-46,81H2,1-4H3,(H2,82,99)(H,86,107)(H,87,98)(H,88,101)(H,89,100)(H,90,103)(H,91,102)(H,92,104)(H,93,106)(H,94,105)(H4,83,84,85)/t48-,60-,61+,62+,63-,64-,65-,66+,67+,68+/m1/s1. The summed E-state index contributed by atoms with van der Waals surface area (Å²) in [5.74, 6) is -9.02. The van der Waals surface area contributed by atoms with Crippen LogP contribution in [0.2, 0.25) is 5.02 Å². The highest BCUT2D eigenvalue weighted by molar-refractivity contribution is 6.30. The molecule has 0 radical (unpaired) electrons. The van der Waals surface area contributed by atoms with Crippen LogP contribution < -0.4 is 70.4 Å². The molecule has 2 aliphatic rings. The topological polar surface area (TPSA) is 446 Å². The predicted octanol–water partition coefficient (Wildman–Crippen LogP) is 1.80. The number of primary amides is 1. The SMILES string of the molecule is CC(=O)Nc1ccc(C[C@H](NC(=O)[C@H](CO)NC(=O)[C@@H](Cc2ccccc2)NC(=O)[C@@H](Cc2ccc(Cl)cc2)NC(=O)[C@H](N)Cc2ccc3ccccc3c2)C(=O)N[C@H](Cc2ccc(CN3CCOCC3)cc2)C(=O)N[C@@H](CC(C)C)C(=O)N[C@@H](CCCNC(=N)N)C(=O)N2CCC[C@H]2C(=O)N[C@H](C)C(N)=O)cc1. The molecule has 2 saturated heterocycles. The minimum absolute atomic E-state index is 0.0115. The molecule has 10 atom stereocenters. The number of rotatable bonds is 38. The van der Waals surface area contributed by atoms with E-state index in [9.17, 15) is 48.3 Å². The summed E-state index contributed by atoms with van der Waals surface area (Å²) in [6.07, 6.45) is 0.305. The van der Waals surface area contributed by atoms with Gasteiger partial charge in [0.2, 0.25) is 65.0 Å². The van der Waals surface area contributed by atoms with E-state index in [1.807, 2.05) is 68.4 Å². The first-order chi connectivity index (χ1) is 52.2. The molecule has 0 saturated carbocycles. The van der Waals surface area contributed by atoms with Crippen molar-refractivity contribution in [1.82, 2.24) is 57.7 Å². The summed E-state index contributed by atoms with van der Waals surface area (Å²) >= 11 is 6.25. The van der Waals surface area contributed by atoms with E-state index in [1.165, 1.54) is 18.7 Å². The Morgan fingerprint density at radius 1 is 0.541 bits per heavy atom. The molecule has 8 rings (SSSR count). The number of nitrogens with zero attached hydrogens (tertiary/aromatic N) is 2. The zero-order chi connectivity index (χ0) is 78.7. The van der Waals surface area contributed by atoms with E-state index >= 15 is 9.59 Å². The molecule has 0 aromatic heterocycles. The number of aliphatic hydroxyl groups is 1. The van der Waals surface area contributed by atoms with Crippen LogP contribution in [0.4, 0.5) is 5.69 Å². The number of aliphatic hydroxyl groups excluding tert-OH is 1. The molecular formula is C79H101ClN16O13. The van der Waals surface area contributed by atoms with Gasteiger partial charge in [0.05, 0.1) is 25.9 Å². The molecule has 2 aliphatic heterocycles. The number of guanidine groups is 1. The van der Waals surface area contributed by atoms with Crippen LogP contribution in [0, 0.1) is 11.3 Å². The second-order valence-corrected chi connectivity index (χ2v) is 28.5. The highest BCUT2D eigenvalue weighted by atomic mass is 35.5. The molecule has 2 fully saturated rings. The van der Waals surface area contributed by atoms with Gasteiger partial charge in [-0.15, -0.1) is 0 Å². The molecule has 0 bridgehead atoms. The van der Waals surface area contributed by atoms with E-state index in [0.29, 0.717) is 59.1 Å². The van der Waals surface area contributed by atoms with Crippen LogP contribution in [0.1, 0.15) is 93.2 Å². The molecule has 0 aliphatic carbocycles. The van der Waals surface area contributed by atoms with Gasteiger partial charge in [-0.2, -0.15) is 0 Å². The van der Waals surface area contributed by atoms with Crippen molar-refractivity contribution in [2.75, 3.05) is 51.3 Å². The van der Waals surface area contributed by atoms with E-state index in [-0.39, 0.29) is 88.7 Å². The van der Waals surface area contributed by atoms with Crippen LogP contribution in [0.5, 0.6) is 0 Å². The molecule has 18 N–H and O–H groups in total. The van der Waals surface area contributed by atoms with Gasteiger partial charge in [-0.1, -0.05) is 147 Å². The average molecular weight is 1520 g/mol. The lowest BCUT2D eigenvalue weighted by atomic mass is 9.99. The van der Waals surface area contributed by atoms with Crippen LogP contribution in [0.25, 0.3) is 10.8 Å². The number of amides is 11. The number of nitrogens with one attached hydrogen (secondary N) is 11. The third-order valence-electron chi connectivity index (χ3n) is 18.8. The van der Waals surface area contributed by atoms with E-state index in [0.717, 1.165) is 35.0 Å². The number of hydrogen-bond acceptors (Lipinski definition) is 16. The molecular weight excluding hydrogens is 1420 g/mol. The van der Waals surface area contributed by atoms with Gasteiger partial charge in [0.1, 0.15) is 54.4 Å². The number of halogens is 1. The van der Waals surface area contributed by atoms with Crippen LogP contribution in [0.15, 0.2) is 146 Å². The highest BCUT2D eigenvalue weighted by Gasteiger charge is 2.40. The normalized spacial score (nSPS) is 16.1. The number of likely N-dealkylation sites (tertiary alicyclic amines) is 1. The molecule has 30 heteroatoms. The van der Waals surface area contributed by atoms with Crippen LogP contribution in [0.3, 0.4) is 0 Å². The van der Waals surface area contributed by atoms with Crippen molar-refractivity contribution < 1.29 is 62.6 Å². The van der Waals surface area contributed by atoms with Crippen molar-refractivity contribution in [1.29, 1.82) is 5.41 Å². The summed E-state index contributed by atoms with van der Waals surface area (Å²) in [5, 5.41) is 48.4. The van der Waals surface area contributed by atoms with Crippen molar-refractivity contribution in [3.63, 3.8) is 0 Å². The fourth-order valence-electron chi connectivity index (χ4n) is 12.9. The maximum Gasteiger partial charge on any atom is 0.245 e. The fourth-order valence-corrected chi connectivity index (χ4v) is 13.1. The van der Waals surface area contributed by atoms with Gasteiger partial charge in [0.25, 0.3) is 0 Å². The first-order valence-electron chi connectivity index (χ1n) is 36.7. The molecule has 0 spiro atoms. The van der Waals surface area contributed by atoms with Gasteiger partial charge in [0, 0.05) is 76.0 Å². The minimum atomic E-state index is -1.80. The number of benzene rings is 6. The number of hydrogen-bond donors (Lipinski definition) is 15. The summed E-state index contributed by atoms with van der Waals surface area (Å²) < 4.78 is 5.55. The Bertz CT molecular complexity index is 4130. The Hall–Kier alpha value is -10.8. The molecule has 109 heavy (non-hydrogen) atoms. The molecule has 11 amide bonds. The van der Waals surface area contributed by atoms with Crippen molar-refractivity contribution in [3.8, 4) is 0 Å². The van der Waals surface area contributed by atoms with Crippen molar-refractivity contribution in [3.05, 3.63) is 184 Å². The van der Waals surface area contributed by atoms with Gasteiger partial charge in [0.15, 0.2) is 5.96 Å². The molecule has 6 aromatic rings. The van der Waals surface area contributed by atoms with Gasteiger partial charge in [-0.25, -0.2) is 0 Å². The molecule has 6 aromatic carbocycles. The maximum absolute atomic E-state index is 15.4. The average Bonchev–Trinajstić information content (AvgIpc) is 1.78. The quantitative estimate of drug-likeness (QED) is 0.0149. The zero-order valence-corrected chi connectivity index (χ0v) is 62.5. The number of fused-ring (bicyclic) bond motifs is 1. The van der Waals surface area contributed by atoms with Crippen molar-refractivity contribution in [2.24, 2.45) is 23.1 Å². The van der Waals surface area contributed by atoms with Crippen LogP contribution >= 0.6 is 11.6 Å². The summed E-state index contributed by atoms with van der Waals surface area (Å²) in [6, 6.07) is 28.9. The van der Waals surface area contributed by atoms with E-state index < -0.39 is 126 Å². The monoisotopic (exact) mass is 1520 g/mol. The third-order valence-corrected chi connectivity index (χ3v) is 19.1. The van der Waals surface area contributed by atoms with E-state index in [4.69, 9.17) is 38.9 Å². The lowest BCUT2D eigenvalue weighted by Gasteiger charge is -2.31. The lowest BCUT2D eigenvalue weighted by molar-refractivity contribution is -0.142. The molecule has 582 valence electrons. The summed E-state index contributed by atoms with van der Waals surface area (Å²) in [7, 11) is 0. The number of anilines is 1. The second kappa shape index (κ2) is 41.5. The van der Waals surface area contributed by atoms with Gasteiger partial charge in [-0.3, -0.25) is 63.0 Å². The Labute approximate surface area is 638 Å². The summed E-state index contributed by atoms with van der Waals surface area (Å²) in [5.41, 5.74) is 21.9. The van der Waals surface area contributed by atoms with Gasteiger partial charge >= 0.3 is 0 Å². The lowest BCUT2D eigenvalue weighted by Crippen LogP contribution is -2.61. The number of carbonyl (C=O) groups excluding carboxylic acids is 11. The smallest absolute Gasteiger partial charge is 0.245 e. The minimum Gasteiger partial charge on any atom is -0.394 e. The first kappa shape index (κ1) is 83.8. The summed E-state index contributed by atoms with van der Waals surface area (Å²) in [6.45, 7) is 8.79. The number of morpholine rings is 1. The first-order valence-corrected chi connectivity index (χ1v) is 37.0. The Morgan fingerprint density at radius 3 is 1.55 bits per heavy atom. The largest absolute Gasteiger partial charge is 0.394 e. The van der Waals surface area contributed by atoms with Crippen LogP contribution in [-0.4, -0.2) is 192 Å². The van der Waals surface area contributed by atoms with E-state index in [1.54, 1.807) is 91.0 Å². The third kappa shape index (κ3) is 26.5. The Balaban J connectivity index is 1.07. The highest BCUT2D eigenvalue weighted by Crippen LogP contribution is 2.23. The fraction of sp³-hybridized carbons (Fsp3) is 0.418. The zero-order valence-electron chi connectivity index (χ0n) is 61.8. The number of carbonyl (C=O) groups is 11.